The van der Waals surface area contributed by atoms with E-state index in [2.05, 4.69) is 16.0 Å². The molecule has 3 nitrogen and oxygen atoms in total. The van der Waals surface area contributed by atoms with Gasteiger partial charge in [0.15, 0.2) is 0 Å². The van der Waals surface area contributed by atoms with E-state index in [4.69, 9.17) is 0 Å². The lowest BCUT2D eigenvalue weighted by Gasteiger charge is -2.07. The Bertz CT molecular complexity index is 705. The first-order chi connectivity index (χ1) is 8.74. The zero-order chi connectivity index (χ0) is 12.5. The maximum Gasteiger partial charge on any atom is 0.210 e. The molecule has 0 aliphatic rings. The summed E-state index contributed by atoms with van der Waals surface area (Å²) in [7, 11) is 0. The molecular formula is C15H12N2O. The molecule has 2 heterocycles. The Morgan fingerprint density at radius 2 is 1.89 bits per heavy atom. The third kappa shape index (κ3) is 1.80. The number of rotatable bonds is 1. The van der Waals surface area contributed by atoms with Gasteiger partial charge in [0.1, 0.15) is 0 Å². The minimum absolute atomic E-state index is 0.0252. The summed E-state index contributed by atoms with van der Waals surface area (Å²) in [6.07, 6.45) is 1.64. The Morgan fingerprint density at radius 1 is 1.06 bits per heavy atom. The van der Waals surface area contributed by atoms with Gasteiger partial charge in [0.2, 0.25) is 5.88 Å². The van der Waals surface area contributed by atoms with Crippen LogP contribution in [0.2, 0.25) is 0 Å². The fourth-order valence-corrected chi connectivity index (χ4v) is 2.04. The van der Waals surface area contributed by atoms with Crippen LogP contribution in [0.5, 0.6) is 5.88 Å². The van der Waals surface area contributed by atoms with E-state index in [9.17, 15) is 5.11 Å². The van der Waals surface area contributed by atoms with Gasteiger partial charge in [-0.1, -0.05) is 18.2 Å². The summed E-state index contributed by atoms with van der Waals surface area (Å²) in [5.41, 5.74) is 3.88. The molecule has 0 spiro atoms. The largest absolute Gasteiger partial charge is 0.493 e. The van der Waals surface area contributed by atoms with Crippen LogP contribution in [0.1, 0.15) is 5.56 Å². The van der Waals surface area contributed by atoms with Gasteiger partial charge in [0.25, 0.3) is 0 Å². The predicted molar refractivity (Wildman–Crippen MR) is 71.4 cm³/mol. The van der Waals surface area contributed by atoms with Crippen LogP contribution >= 0.6 is 0 Å². The summed E-state index contributed by atoms with van der Waals surface area (Å²) in [5, 5.41) is 10.3. The van der Waals surface area contributed by atoms with Crippen LogP contribution in [0.4, 0.5) is 0 Å². The molecule has 0 amide bonds. The van der Waals surface area contributed by atoms with E-state index in [-0.39, 0.29) is 5.88 Å². The number of aryl methyl sites for hydroxylation is 1. The summed E-state index contributed by atoms with van der Waals surface area (Å²) in [5.74, 6) is 0.0252. The van der Waals surface area contributed by atoms with Crippen molar-refractivity contribution in [2.24, 2.45) is 0 Å². The third-order valence-electron chi connectivity index (χ3n) is 2.94. The van der Waals surface area contributed by atoms with Crippen LogP contribution < -0.4 is 0 Å². The molecule has 0 aliphatic carbocycles. The van der Waals surface area contributed by atoms with E-state index in [1.807, 2.05) is 37.3 Å². The molecule has 18 heavy (non-hydrogen) atoms. The van der Waals surface area contributed by atoms with Gasteiger partial charge in [-0.15, -0.1) is 0 Å². The maximum absolute atomic E-state index is 9.21. The highest BCUT2D eigenvalue weighted by atomic mass is 16.3. The van der Waals surface area contributed by atoms with Crippen LogP contribution in [0, 0.1) is 6.92 Å². The summed E-state index contributed by atoms with van der Waals surface area (Å²) >= 11 is 0. The standard InChI is InChI=1S/C15H12N2O/c1-10-8-11-4-2-3-5-13(11)17-15(10)12-6-7-14(18)16-9-12/h2-9H,1H3,(H,16,18). The number of aromatic nitrogens is 2. The van der Waals surface area contributed by atoms with E-state index < -0.39 is 0 Å². The van der Waals surface area contributed by atoms with Gasteiger partial charge in [-0.2, -0.15) is 0 Å². The molecule has 3 aromatic rings. The molecule has 0 unspecified atom stereocenters. The summed E-state index contributed by atoms with van der Waals surface area (Å²) < 4.78 is 0. The van der Waals surface area contributed by atoms with E-state index in [0.29, 0.717) is 0 Å². The molecule has 3 rings (SSSR count). The second-order valence-electron chi connectivity index (χ2n) is 4.25. The first kappa shape index (κ1) is 10.7. The first-order valence-corrected chi connectivity index (χ1v) is 5.76. The quantitative estimate of drug-likeness (QED) is 0.705. The molecule has 88 valence electrons. The van der Waals surface area contributed by atoms with Crippen molar-refractivity contribution < 1.29 is 5.11 Å². The Morgan fingerprint density at radius 3 is 2.67 bits per heavy atom. The lowest BCUT2D eigenvalue weighted by Crippen LogP contribution is -1.90. The van der Waals surface area contributed by atoms with Crippen molar-refractivity contribution in [2.75, 3.05) is 0 Å². The van der Waals surface area contributed by atoms with Gasteiger partial charge in [0, 0.05) is 23.2 Å². The summed E-state index contributed by atoms with van der Waals surface area (Å²) in [4.78, 5) is 8.55. The van der Waals surface area contributed by atoms with Crippen molar-refractivity contribution in [1.29, 1.82) is 0 Å². The lowest BCUT2D eigenvalue weighted by atomic mass is 10.1. The molecule has 0 aliphatic heterocycles. The normalized spacial score (nSPS) is 10.7. The van der Waals surface area contributed by atoms with Crippen molar-refractivity contribution in [3.63, 3.8) is 0 Å². The molecule has 1 N–H and O–H groups in total. The average molecular weight is 236 g/mol. The number of pyridine rings is 2. The molecule has 0 radical (unpaired) electrons. The minimum atomic E-state index is 0.0252. The Labute approximate surface area is 105 Å². The van der Waals surface area contributed by atoms with Crippen molar-refractivity contribution in [3.05, 3.63) is 54.2 Å². The van der Waals surface area contributed by atoms with Gasteiger partial charge in [0.05, 0.1) is 11.2 Å². The van der Waals surface area contributed by atoms with Crippen LogP contribution in [0.15, 0.2) is 48.7 Å². The third-order valence-corrected chi connectivity index (χ3v) is 2.94. The molecule has 1 aromatic carbocycles. The van der Waals surface area contributed by atoms with Gasteiger partial charge < -0.3 is 5.11 Å². The van der Waals surface area contributed by atoms with Crippen LogP contribution in [-0.2, 0) is 0 Å². The first-order valence-electron chi connectivity index (χ1n) is 5.76. The number of hydrogen-bond donors (Lipinski definition) is 1. The minimum Gasteiger partial charge on any atom is -0.493 e. The maximum atomic E-state index is 9.21. The number of aromatic hydroxyl groups is 1. The molecular weight excluding hydrogens is 224 g/mol. The van der Waals surface area contributed by atoms with Gasteiger partial charge in [-0.3, -0.25) is 0 Å². The lowest BCUT2D eigenvalue weighted by molar-refractivity contribution is 0.453. The fraction of sp³-hybridized carbons (Fsp3) is 0.0667. The zero-order valence-electron chi connectivity index (χ0n) is 9.96. The Balaban J connectivity index is 2.22. The monoisotopic (exact) mass is 236 g/mol. The van der Waals surface area contributed by atoms with Gasteiger partial charge in [-0.25, -0.2) is 9.97 Å². The van der Waals surface area contributed by atoms with Crippen molar-refractivity contribution >= 4 is 10.9 Å². The van der Waals surface area contributed by atoms with E-state index in [1.165, 1.54) is 0 Å². The van der Waals surface area contributed by atoms with E-state index >= 15 is 0 Å². The average Bonchev–Trinajstić information content (AvgIpc) is 2.39. The molecule has 0 fully saturated rings. The number of benzene rings is 1. The SMILES string of the molecule is Cc1cc2ccccc2nc1-c1ccc(O)nc1. The smallest absolute Gasteiger partial charge is 0.210 e. The van der Waals surface area contributed by atoms with Crippen LogP contribution in [0.3, 0.4) is 0 Å². The number of nitrogens with zero attached hydrogens (tertiary/aromatic N) is 2. The number of hydrogen-bond acceptors (Lipinski definition) is 3. The summed E-state index contributed by atoms with van der Waals surface area (Å²) in [6.45, 7) is 2.03. The summed E-state index contributed by atoms with van der Waals surface area (Å²) in [6, 6.07) is 13.5. The Hall–Kier alpha value is -2.42. The zero-order valence-corrected chi connectivity index (χ0v) is 9.96. The fourth-order valence-electron chi connectivity index (χ4n) is 2.04. The van der Waals surface area contributed by atoms with Crippen molar-refractivity contribution in [3.8, 4) is 17.1 Å². The molecule has 3 heteroatoms. The second kappa shape index (κ2) is 4.11. The molecule has 2 aromatic heterocycles. The topological polar surface area (TPSA) is 46.0 Å². The number of fused-ring (bicyclic) bond motifs is 1. The van der Waals surface area contributed by atoms with Gasteiger partial charge >= 0.3 is 0 Å². The number of para-hydroxylation sites is 1. The molecule has 0 saturated carbocycles. The van der Waals surface area contributed by atoms with E-state index in [1.54, 1.807) is 12.3 Å². The van der Waals surface area contributed by atoms with Crippen molar-refractivity contribution in [1.82, 2.24) is 9.97 Å². The molecule has 0 bridgehead atoms. The molecule has 0 saturated heterocycles. The Kier molecular flexibility index (Phi) is 2.45. The molecule has 0 atom stereocenters. The second-order valence-corrected chi connectivity index (χ2v) is 4.25. The van der Waals surface area contributed by atoms with E-state index in [0.717, 1.165) is 27.7 Å². The van der Waals surface area contributed by atoms with Gasteiger partial charge in [-0.05, 0) is 30.7 Å². The highest BCUT2D eigenvalue weighted by Crippen LogP contribution is 2.25. The highest BCUT2D eigenvalue weighted by molar-refractivity contribution is 5.83. The van der Waals surface area contributed by atoms with Crippen LogP contribution in [0.25, 0.3) is 22.2 Å². The van der Waals surface area contributed by atoms with Crippen LogP contribution in [-0.4, -0.2) is 15.1 Å². The predicted octanol–water partition coefficient (Wildman–Crippen LogP) is 3.31. The van der Waals surface area contributed by atoms with Crippen molar-refractivity contribution in [2.45, 2.75) is 6.92 Å². The highest BCUT2D eigenvalue weighted by Gasteiger charge is 2.06.